The van der Waals surface area contributed by atoms with Crippen molar-refractivity contribution in [2.45, 2.75) is 26.3 Å². The molecule has 0 amide bonds. The molecule has 0 unspecified atom stereocenters. The van der Waals surface area contributed by atoms with Gasteiger partial charge in [0.25, 0.3) is 0 Å². The van der Waals surface area contributed by atoms with Crippen molar-refractivity contribution in [2.24, 2.45) is 4.99 Å². The van der Waals surface area contributed by atoms with Gasteiger partial charge in [-0.1, -0.05) is 6.07 Å². The third-order valence-electron chi connectivity index (χ3n) is 1.86. The molecule has 1 aromatic rings. The van der Waals surface area contributed by atoms with Gasteiger partial charge in [0.1, 0.15) is 5.54 Å². The SMILES string of the molecule is Cc1ccc(C(C)(C)N=C=O)nc1. The molecule has 1 heterocycles. The summed E-state index contributed by atoms with van der Waals surface area (Å²) in [4.78, 5) is 18.0. The Kier molecular flexibility index (Phi) is 2.59. The van der Waals surface area contributed by atoms with Crippen LogP contribution in [0, 0.1) is 6.92 Å². The smallest absolute Gasteiger partial charge is 0.235 e. The van der Waals surface area contributed by atoms with Crippen molar-refractivity contribution in [3.05, 3.63) is 29.6 Å². The second-order valence-electron chi connectivity index (χ2n) is 3.48. The highest BCUT2D eigenvalue weighted by molar-refractivity contribution is 5.36. The van der Waals surface area contributed by atoms with Crippen LogP contribution in [0.5, 0.6) is 0 Å². The van der Waals surface area contributed by atoms with E-state index in [1.807, 2.05) is 32.9 Å². The third-order valence-corrected chi connectivity index (χ3v) is 1.86. The van der Waals surface area contributed by atoms with E-state index in [0.717, 1.165) is 11.3 Å². The maximum Gasteiger partial charge on any atom is 0.235 e. The lowest BCUT2D eigenvalue weighted by atomic mass is 10.0. The van der Waals surface area contributed by atoms with Gasteiger partial charge in [0.05, 0.1) is 5.69 Å². The molecule has 0 saturated heterocycles. The average Bonchev–Trinajstić information content (AvgIpc) is 2.05. The van der Waals surface area contributed by atoms with Gasteiger partial charge in [-0.25, -0.2) is 4.79 Å². The molecule has 13 heavy (non-hydrogen) atoms. The number of hydrogen-bond acceptors (Lipinski definition) is 3. The maximum atomic E-state index is 10.1. The molecule has 0 aliphatic heterocycles. The Balaban J connectivity index is 3.07. The fraction of sp³-hybridized carbons (Fsp3) is 0.400. The first-order valence-electron chi connectivity index (χ1n) is 4.08. The Morgan fingerprint density at radius 2 is 2.15 bits per heavy atom. The molecule has 0 aliphatic rings. The van der Waals surface area contributed by atoms with Gasteiger partial charge in [-0.2, -0.15) is 4.99 Å². The van der Waals surface area contributed by atoms with E-state index in [2.05, 4.69) is 9.98 Å². The molecule has 0 radical (unpaired) electrons. The number of rotatable bonds is 2. The molecule has 0 N–H and O–H groups in total. The monoisotopic (exact) mass is 176 g/mol. The zero-order valence-electron chi connectivity index (χ0n) is 8.03. The summed E-state index contributed by atoms with van der Waals surface area (Å²) in [6.45, 7) is 5.62. The number of aliphatic imine (C=N–C) groups is 1. The minimum absolute atomic E-state index is 0.574. The number of aromatic nitrogens is 1. The highest BCUT2D eigenvalue weighted by atomic mass is 16.1. The van der Waals surface area contributed by atoms with Crippen LogP contribution in [-0.2, 0) is 10.3 Å². The Labute approximate surface area is 77.5 Å². The Morgan fingerprint density at radius 3 is 2.62 bits per heavy atom. The second kappa shape index (κ2) is 3.50. The highest BCUT2D eigenvalue weighted by Crippen LogP contribution is 2.21. The Bertz CT molecular complexity index is 334. The Hall–Kier alpha value is -1.47. The lowest BCUT2D eigenvalue weighted by Crippen LogP contribution is -2.15. The molecule has 0 aromatic carbocycles. The lowest BCUT2D eigenvalue weighted by Gasteiger charge is -2.16. The molecule has 68 valence electrons. The number of isocyanates is 1. The molecule has 0 bridgehead atoms. The van der Waals surface area contributed by atoms with Crippen molar-refractivity contribution >= 4 is 6.08 Å². The predicted octanol–water partition coefficient (Wildman–Crippen LogP) is 1.96. The van der Waals surface area contributed by atoms with Gasteiger partial charge in [0, 0.05) is 6.20 Å². The molecule has 0 saturated carbocycles. The third kappa shape index (κ3) is 2.23. The van der Waals surface area contributed by atoms with Gasteiger partial charge in [-0.05, 0) is 32.4 Å². The van der Waals surface area contributed by atoms with Crippen LogP contribution in [0.15, 0.2) is 23.3 Å². The first-order valence-corrected chi connectivity index (χ1v) is 4.08. The molecule has 0 aliphatic carbocycles. The topological polar surface area (TPSA) is 42.3 Å². The minimum Gasteiger partial charge on any atom is -0.258 e. The van der Waals surface area contributed by atoms with Crippen LogP contribution >= 0.6 is 0 Å². The molecule has 1 rings (SSSR count). The summed E-state index contributed by atoms with van der Waals surface area (Å²) >= 11 is 0. The van der Waals surface area contributed by atoms with Gasteiger partial charge in [-0.15, -0.1) is 0 Å². The molecule has 0 spiro atoms. The van der Waals surface area contributed by atoms with Crippen molar-refractivity contribution in [2.75, 3.05) is 0 Å². The van der Waals surface area contributed by atoms with E-state index >= 15 is 0 Å². The van der Waals surface area contributed by atoms with Crippen molar-refractivity contribution in [1.29, 1.82) is 0 Å². The van der Waals surface area contributed by atoms with E-state index < -0.39 is 5.54 Å². The molecule has 0 fully saturated rings. The van der Waals surface area contributed by atoms with Gasteiger partial charge in [-0.3, -0.25) is 4.98 Å². The van der Waals surface area contributed by atoms with Crippen LogP contribution in [0.2, 0.25) is 0 Å². The predicted molar refractivity (Wildman–Crippen MR) is 50.1 cm³/mol. The molecular formula is C10H12N2O. The zero-order chi connectivity index (χ0) is 9.90. The molecule has 3 nitrogen and oxygen atoms in total. The second-order valence-corrected chi connectivity index (χ2v) is 3.48. The fourth-order valence-corrected chi connectivity index (χ4v) is 1.00. The number of pyridine rings is 1. The van der Waals surface area contributed by atoms with Crippen molar-refractivity contribution in [1.82, 2.24) is 4.98 Å². The van der Waals surface area contributed by atoms with E-state index in [4.69, 9.17) is 0 Å². The van der Waals surface area contributed by atoms with E-state index in [1.54, 1.807) is 12.3 Å². The van der Waals surface area contributed by atoms with Crippen molar-refractivity contribution in [3.63, 3.8) is 0 Å². The van der Waals surface area contributed by atoms with Gasteiger partial charge in [0.2, 0.25) is 6.08 Å². The molecule has 0 atom stereocenters. The van der Waals surface area contributed by atoms with Gasteiger partial charge < -0.3 is 0 Å². The molecular weight excluding hydrogens is 164 g/mol. The van der Waals surface area contributed by atoms with Crippen LogP contribution in [0.4, 0.5) is 0 Å². The fourth-order valence-electron chi connectivity index (χ4n) is 1.00. The standard InChI is InChI=1S/C10H12N2O/c1-8-4-5-9(11-6-8)10(2,3)12-7-13/h4-6H,1-3H3. The zero-order valence-corrected chi connectivity index (χ0v) is 8.03. The van der Waals surface area contributed by atoms with Crippen molar-refractivity contribution < 1.29 is 4.79 Å². The number of aryl methyl sites for hydroxylation is 1. The largest absolute Gasteiger partial charge is 0.258 e. The minimum atomic E-state index is -0.574. The molecule has 1 aromatic heterocycles. The van der Waals surface area contributed by atoms with Crippen LogP contribution in [0.1, 0.15) is 25.1 Å². The van der Waals surface area contributed by atoms with Crippen LogP contribution in [0.25, 0.3) is 0 Å². The first kappa shape index (κ1) is 9.62. The van der Waals surface area contributed by atoms with Crippen LogP contribution in [-0.4, -0.2) is 11.1 Å². The normalized spacial score (nSPS) is 10.7. The highest BCUT2D eigenvalue weighted by Gasteiger charge is 2.20. The van der Waals surface area contributed by atoms with Gasteiger partial charge >= 0.3 is 0 Å². The van der Waals surface area contributed by atoms with E-state index in [9.17, 15) is 4.79 Å². The summed E-state index contributed by atoms with van der Waals surface area (Å²) < 4.78 is 0. The summed E-state index contributed by atoms with van der Waals surface area (Å²) in [6.07, 6.45) is 3.32. The summed E-state index contributed by atoms with van der Waals surface area (Å²) in [5.41, 5.74) is 1.30. The summed E-state index contributed by atoms with van der Waals surface area (Å²) in [5, 5.41) is 0. The van der Waals surface area contributed by atoms with Crippen LogP contribution in [0.3, 0.4) is 0 Å². The number of nitrogens with zero attached hydrogens (tertiary/aromatic N) is 2. The first-order chi connectivity index (χ1) is 6.06. The van der Waals surface area contributed by atoms with Crippen molar-refractivity contribution in [3.8, 4) is 0 Å². The molecule has 3 heteroatoms. The summed E-state index contributed by atoms with van der Waals surface area (Å²) in [5.74, 6) is 0. The van der Waals surface area contributed by atoms with Crippen LogP contribution < -0.4 is 0 Å². The summed E-state index contributed by atoms with van der Waals surface area (Å²) in [6, 6.07) is 3.82. The maximum absolute atomic E-state index is 10.1. The summed E-state index contributed by atoms with van der Waals surface area (Å²) in [7, 11) is 0. The van der Waals surface area contributed by atoms with E-state index in [0.29, 0.717) is 0 Å². The Morgan fingerprint density at radius 1 is 1.46 bits per heavy atom. The lowest BCUT2D eigenvalue weighted by molar-refractivity contribution is 0.512. The average molecular weight is 176 g/mol. The number of hydrogen-bond donors (Lipinski definition) is 0. The van der Waals surface area contributed by atoms with E-state index in [1.165, 1.54) is 0 Å². The quantitative estimate of drug-likeness (QED) is 0.510. The number of carbonyl (C=O) groups excluding carboxylic acids is 1. The van der Waals surface area contributed by atoms with E-state index in [-0.39, 0.29) is 0 Å². The van der Waals surface area contributed by atoms with Gasteiger partial charge in [0.15, 0.2) is 0 Å².